The molecule has 1 saturated heterocycles. The summed E-state index contributed by atoms with van der Waals surface area (Å²) in [6.45, 7) is 2.56. The first kappa shape index (κ1) is 11.4. The van der Waals surface area contributed by atoms with Crippen LogP contribution in [0.5, 0.6) is 0 Å². The van der Waals surface area contributed by atoms with Crippen molar-refractivity contribution in [1.82, 2.24) is 20.3 Å². The summed E-state index contributed by atoms with van der Waals surface area (Å²) in [7, 11) is 0. The van der Waals surface area contributed by atoms with Gasteiger partial charge in [-0.2, -0.15) is 0 Å². The molecule has 0 bridgehead atoms. The quantitative estimate of drug-likeness (QED) is 0.747. The topological polar surface area (TPSA) is 88.9 Å². The van der Waals surface area contributed by atoms with Gasteiger partial charge in [0.1, 0.15) is 18.2 Å². The molecule has 0 radical (unpaired) electrons. The van der Waals surface area contributed by atoms with Crippen molar-refractivity contribution < 1.29 is 4.74 Å². The summed E-state index contributed by atoms with van der Waals surface area (Å²) in [4.78, 5) is 11.7. The third-order valence-corrected chi connectivity index (χ3v) is 3.16. The number of nitrogens with zero attached hydrogens (tertiary/aromatic N) is 2. The number of pyridine rings is 1. The monoisotopic (exact) mass is 247 g/mol. The number of aromatic amines is 1. The Bertz CT molecular complexity index is 532. The van der Waals surface area contributed by atoms with E-state index < -0.39 is 0 Å². The molecule has 1 aliphatic rings. The van der Waals surface area contributed by atoms with Gasteiger partial charge >= 0.3 is 0 Å². The molecular weight excluding hydrogens is 230 g/mol. The van der Waals surface area contributed by atoms with Crippen molar-refractivity contribution in [3.8, 4) is 0 Å². The van der Waals surface area contributed by atoms with Crippen molar-refractivity contribution in [2.45, 2.75) is 25.6 Å². The molecule has 0 aromatic carbocycles. The molecule has 6 heteroatoms. The fourth-order valence-electron chi connectivity index (χ4n) is 2.18. The van der Waals surface area contributed by atoms with Crippen LogP contribution in [0.15, 0.2) is 12.1 Å². The number of anilines is 1. The molecule has 6 nitrogen and oxygen atoms in total. The van der Waals surface area contributed by atoms with Gasteiger partial charge in [-0.15, -0.1) is 0 Å². The standard InChI is InChI=1S/C12H17N5O/c13-10-2-1-9-12(16-10)17-11(15-9)7-18-8-3-5-14-6-4-8/h1-2,8,14H,3-7H2,(H3,13,15,16,17). The Morgan fingerprint density at radius 2 is 2.11 bits per heavy atom. The van der Waals surface area contributed by atoms with E-state index in [-0.39, 0.29) is 0 Å². The number of nitrogen functional groups attached to an aromatic ring is 1. The molecule has 0 aliphatic carbocycles. The van der Waals surface area contributed by atoms with Crippen molar-refractivity contribution in [3.05, 3.63) is 18.0 Å². The Kier molecular flexibility index (Phi) is 3.12. The highest BCUT2D eigenvalue weighted by Gasteiger charge is 2.14. The van der Waals surface area contributed by atoms with Gasteiger partial charge in [-0.1, -0.05) is 0 Å². The maximum absolute atomic E-state index is 5.84. The lowest BCUT2D eigenvalue weighted by atomic mass is 10.1. The predicted molar refractivity (Wildman–Crippen MR) is 69.0 cm³/mol. The lowest BCUT2D eigenvalue weighted by Gasteiger charge is -2.22. The highest BCUT2D eigenvalue weighted by Crippen LogP contribution is 2.13. The minimum Gasteiger partial charge on any atom is -0.384 e. The second-order valence-electron chi connectivity index (χ2n) is 4.55. The first-order valence-electron chi connectivity index (χ1n) is 6.25. The third-order valence-electron chi connectivity index (χ3n) is 3.16. The van der Waals surface area contributed by atoms with Crippen LogP contribution in [0.1, 0.15) is 18.7 Å². The Morgan fingerprint density at radius 3 is 2.94 bits per heavy atom. The van der Waals surface area contributed by atoms with Gasteiger partial charge in [0.05, 0.1) is 11.6 Å². The number of hydrogen-bond donors (Lipinski definition) is 3. The summed E-state index contributed by atoms with van der Waals surface area (Å²) >= 11 is 0. The molecule has 0 saturated carbocycles. The number of hydrogen-bond acceptors (Lipinski definition) is 5. The number of aromatic nitrogens is 3. The smallest absolute Gasteiger partial charge is 0.179 e. The second kappa shape index (κ2) is 4.91. The summed E-state index contributed by atoms with van der Waals surface area (Å²) in [6.07, 6.45) is 2.45. The van der Waals surface area contributed by atoms with E-state index in [1.165, 1.54) is 0 Å². The van der Waals surface area contributed by atoms with Gasteiger partial charge in [0.2, 0.25) is 0 Å². The maximum atomic E-state index is 5.84. The fraction of sp³-hybridized carbons (Fsp3) is 0.500. The fourth-order valence-corrected chi connectivity index (χ4v) is 2.18. The molecule has 3 heterocycles. The maximum Gasteiger partial charge on any atom is 0.179 e. The summed E-state index contributed by atoms with van der Waals surface area (Å²) < 4.78 is 5.84. The number of nitrogens with two attached hydrogens (primary N) is 1. The number of piperidine rings is 1. The van der Waals surface area contributed by atoms with Gasteiger partial charge in [0.25, 0.3) is 0 Å². The summed E-state index contributed by atoms with van der Waals surface area (Å²) in [5.41, 5.74) is 7.17. The van der Waals surface area contributed by atoms with Crippen LogP contribution in [0.25, 0.3) is 11.2 Å². The van der Waals surface area contributed by atoms with Crippen LogP contribution < -0.4 is 11.1 Å². The van der Waals surface area contributed by atoms with E-state index in [2.05, 4.69) is 20.3 Å². The first-order chi connectivity index (χ1) is 8.81. The molecule has 1 fully saturated rings. The average molecular weight is 247 g/mol. The van der Waals surface area contributed by atoms with Crippen molar-refractivity contribution in [1.29, 1.82) is 0 Å². The number of imidazole rings is 1. The molecule has 2 aromatic rings. The number of fused-ring (bicyclic) bond motifs is 1. The van der Waals surface area contributed by atoms with Crippen LogP contribution in [0.4, 0.5) is 5.82 Å². The van der Waals surface area contributed by atoms with E-state index in [4.69, 9.17) is 10.5 Å². The van der Waals surface area contributed by atoms with Crippen LogP contribution in [0.2, 0.25) is 0 Å². The van der Waals surface area contributed by atoms with E-state index in [0.29, 0.717) is 24.2 Å². The van der Waals surface area contributed by atoms with Gasteiger partial charge in [-0.05, 0) is 38.1 Å². The molecule has 18 heavy (non-hydrogen) atoms. The van der Waals surface area contributed by atoms with Crippen LogP contribution in [0, 0.1) is 0 Å². The Hall–Kier alpha value is -1.66. The Balaban J connectivity index is 1.67. The minimum atomic E-state index is 0.331. The van der Waals surface area contributed by atoms with Gasteiger partial charge in [0, 0.05) is 0 Å². The highest BCUT2D eigenvalue weighted by molar-refractivity contribution is 5.72. The number of H-pyrrole nitrogens is 1. The highest BCUT2D eigenvalue weighted by atomic mass is 16.5. The molecule has 1 aliphatic heterocycles. The van der Waals surface area contributed by atoms with Crippen LogP contribution >= 0.6 is 0 Å². The number of rotatable bonds is 3. The van der Waals surface area contributed by atoms with E-state index in [9.17, 15) is 0 Å². The normalized spacial score (nSPS) is 17.3. The first-order valence-corrected chi connectivity index (χ1v) is 6.25. The second-order valence-corrected chi connectivity index (χ2v) is 4.55. The molecule has 0 atom stereocenters. The van der Waals surface area contributed by atoms with E-state index in [1.54, 1.807) is 6.07 Å². The molecule has 96 valence electrons. The zero-order valence-electron chi connectivity index (χ0n) is 10.1. The zero-order valence-corrected chi connectivity index (χ0v) is 10.1. The molecule has 3 rings (SSSR count). The molecule has 2 aromatic heterocycles. The summed E-state index contributed by atoms with van der Waals surface area (Å²) in [6, 6.07) is 3.65. The SMILES string of the molecule is Nc1ccc2[nH]c(COC3CCNCC3)nc2n1. The average Bonchev–Trinajstić information content (AvgIpc) is 2.79. The predicted octanol–water partition coefficient (Wildman–Crippen LogP) is 0.809. The van der Waals surface area contributed by atoms with Gasteiger partial charge in [-0.3, -0.25) is 0 Å². The largest absolute Gasteiger partial charge is 0.384 e. The van der Waals surface area contributed by atoms with E-state index >= 15 is 0 Å². The molecule has 0 amide bonds. The molecule has 0 spiro atoms. The molecule has 0 unspecified atom stereocenters. The zero-order chi connectivity index (χ0) is 12.4. The minimum absolute atomic E-state index is 0.331. The molecular formula is C12H17N5O. The number of ether oxygens (including phenoxy) is 1. The van der Waals surface area contributed by atoms with Crippen molar-refractivity contribution in [2.24, 2.45) is 0 Å². The van der Waals surface area contributed by atoms with Crippen LogP contribution in [-0.2, 0) is 11.3 Å². The van der Waals surface area contributed by atoms with Gasteiger partial charge in [-0.25, -0.2) is 9.97 Å². The lowest BCUT2D eigenvalue weighted by Crippen LogP contribution is -2.32. The Morgan fingerprint density at radius 1 is 1.28 bits per heavy atom. The summed E-state index contributed by atoms with van der Waals surface area (Å²) in [5, 5.41) is 3.31. The summed E-state index contributed by atoms with van der Waals surface area (Å²) in [5.74, 6) is 1.29. The Labute approximate surface area is 105 Å². The van der Waals surface area contributed by atoms with Gasteiger partial charge in [0.15, 0.2) is 5.65 Å². The third kappa shape index (κ3) is 2.44. The molecule has 4 N–H and O–H groups in total. The van der Waals surface area contributed by atoms with Crippen molar-refractivity contribution in [2.75, 3.05) is 18.8 Å². The van der Waals surface area contributed by atoms with Crippen LogP contribution in [0.3, 0.4) is 0 Å². The van der Waals surface area contributed by atoms with Gasteiger partial charge < -0.3 is 20.8 Å². The number of nitrogens with one attached hydrogen (secondary N) is 2. The van der Waals surface area contributed by atoms with Crippen molar-refractivity contribution in [3.63, 3.8) is 0 Å². The van der Waals surface area contributed by atoms with Crippen molar-refractivity contribution >= 4 is 17.0 Å². The lowest BCUT2D eigenvalue weighted by molar-refractivity contribution is 0.0182. The van der Waals surface area contributed by atoms with E-state index in [0.717, 1.165) is 37.3 Å². The van der Waals surface area contributed by atoms with Crippen LogP contribution in [-0.4, -0.2) is 34.1 Å². The van der Waals surface area contributed by atoms with E-state index in [1.807, 2.05) is 6.07 Å².